The van der Waals surface area contributed by atoms with Gasteiger partial charge in [0.2, 0.25) is 10.0 Å². The van der Waals surface area contributed by atoms with Gasteiger partial charge in [-0.2, -0.15) is 0 Å². The monoisotopic (exact) mass is 338 g/mol. The molecule has 102 valence electrons. The van der Waals surface area contributed by atoms with Crippen LogP contribution in [0.3, 0.4) is 0 Å². The van der Waals surface area contributed by atoms with E-state index in [0.29, 0.717) is 31.8 Å². The Kier molecular flexibility index (Phi) is 4.44. The van der Waals surface area contributed by atoms with Crippen molar-refractivity contribution in [2.24, 2.45) is 5.73 Å². The lowest BCUT2D eigenvalue weighted by Crippen LogP contribution is -2.38. The normalized spacial score (nSPS) is 18.1. The third-order valence-electron chi connectivity index (χ3n) is 2.74. The lowest BCUT2D eigenvalue weighted by atomic mass is 10.1. The second kappa shape index (κ2) is 5.70. The largest absolute Gasteiger partial charge is 0.452 e. The fourth-order valence-electron chi connectivity index (χ4n) is 1.78. The molecule has 1 fully saturated rings. The molecule has 1 saturated heterocycles. The van der Waals surface area contributed by atoms with Crippen molar-refractivity contribution in [3.05, 3.63) is 16.5 Å². The summed E-state index contributed by atoms with van der Waals surface area (Å²) in [6.07, 6.45) is 1.36. The van der Waals surface area contributed by atoms with E-state index in [1.54, 1.807) is 0 Å². The predicted molar refractivity (Wildman–Crippen MR) is 68.5 cm³/mol. The summed E-state index contributed by atoms with van der Waals surface area (Å²) in [6, 6.07) is 1.35. The molecule has 8 heteroatoms. The summed E-state index contributed by atoms with van der Waals surface area (Å²) in [4.78, 5) is 0.0921. The summed E-state index contributed by atoms with van der Waals surface area (Å²) < 4.78 is 37.5. The van der Waals surface area contributed by atoms with Crippen molar-refractivity contribution in [3.8, 4) is 0 Å². The highest BCUT2D eigenvalue weighted by Crippen LogP contribution is 2.26. The predicted octanol–water partition coefficient (Wildman–Crippen LogP) is 0.958. The van der Waals surface area contributed by atoms with Crippen LogP contribution in [0.1, 0.15) is 18.6 Å². The third kappa shape index (κ3) is 3.12. The fraction of sp³-hybridized carbons (Fsp3) is 0.600. The molecule has 2 rings (SSSR count). The Labute approximate surface area is 114 Å². The second-order valence-electron chi connectivity index (χ2n) is 4.06. The Bertz CT molecular complexity index is 508. The Hall–Kier alpha value is -0.410. The minimum absolute atomic E-state index is 0.0909. The van der Waals surface area contributed by atoms with Gasteiger partial charge < -0.3 is 14.9 Å². The quantitative estimate of drug-likeness (QED) is 0.852. The molecule has 18 heavy (non-hydrogen) atoms. The molecular formula is C10H15BrN2O4S. The van der Waals surface area contributed by atoms with Gasteiger partial charge in [0.25, 0.3) is 0 Å². The number of hydrogen-bond acceptors (Lipinski definition) is 5. The van der Waals surface area contributed by atoms with Gasteiger partial charge in [-0.05, 0) is 28.8 Å². The second-order valence-corrected chi connectivity index (χ2v) is 6.47. The molecule has 0 aliphatic carbocycles. The van der Waals surface area contributed by atoms with E-state index in [9.17, 15) is 8.42 Å². The van der Waals surface area contributed by atoms with Gasteiger partial charge in [0.15, 0.2) is 4.67 Å². The lowest BCUT2D eigenvalue weighted by Gasteiger charge is -2.22. The molecule has 0 amide bonds. The van der Waals surface area contributed by atoms with Crippen LogP contribution >= 0.6 is 15.9 Å². The fourth-order valence-corrected chi connectivity index (χ4v) is 4.08. The van der Waals surface area contributed by atoms with E-state index in [1.165, 1.54) is 6.07 Å². The minimum Gasteiger partial charge on any atom is -0.452 e. The number of hydrogen-bond donors (Lipinski definition) is 2. The molecular weight excluding hydrogens is 324 g/mol. The molecule has 6 nitrogen and oxygen atoms in total. The van der Waals surface area contributed by atoms with Crippen LogP contribution in [0.5, 0.6) is 0 Å². The molecule has 3 N–H and O–H groups in total. The molecule has 0 bridgehead atoms. The van der Waals surface area contributed by atoms with Crippen molar-refractivity contribution in [2.75, 3.05) is 13.2 Å². The summed E-state index contributed by atoms with van der Waals surface area (Å²) in [5.41, 5.74) is 5.41. The minimum atomic E-state index is -3.58. The van der Waals surface area contributed by atoms with Crippen LogP contribution in [-0.2, 0) is 21.3 Å². The van der Waals surface area contributed by atoms with Crippen molar-refractivity contribution in [1.82, 2.24) is 4.72 Å². The van der Waals surface area contributed by atoms with Crippen molar-refractivity contribution < 1.29 is 17.6 Å². The Balaban J connectivity index is 2.16. The molecule has 0 atom stereocenters. The van der Waals surface area contributed by atoms with Gasteiger partial charge in [-0.1, -0.05) is 0 Å². The first kappa shape index (κ1) is 14.0. The SMILES string of the molecule is NCc1cc(S(=O)(=O)NC2CCOCC2)c(Br)o1. The number of halogens is 1. The lowest BCUT2D eigenvalue weighted by molar-refractivity contribution is 0.0832. The average Bonchev–Trinajstić information content (AvgIpc) is 2.72. The highest BCUT2D eigenvalue weighted by Gasteiger charge is 2.26. The molecule has 0 radical (unpaired) electrons. The maximum absolute atomic E-state index is 12.2. The summed E-state index contributed by atoms with van der Waals surface area (Å²) in [7, 11) is -3.58. The first-order valence-electron chi connectivity index (χ1n) is 5.61. The van der Waals surface area contributed by atoms with Crippen molar-refractivity contribution in [1.29, 1.82) is 0 Å². The topological polar surface area (TPSA) is 94.6 Å². The molecule has 1 aliphatic heterocycles. The van der Waals surface area contributed by atoms with Crippen LogP contribution < -0.4 is 10.5 Å². The standard InChI is InChI=1S/C10H15BrN2O4S/c11-10-9(5-8(6-12)17-10)18(14,15)13-7-1-3-16-4-2-7/h5,7,13H,1-4,6,12H2. The number of furan rings is 1. The van der Waals surface area contributed by atoms with E-state index in [1.807, 2.05) is 0 Å². The van der Waals surface area contributed by atoms with Crippen LogP contribution in [0.25, 0.3) is 0 Å². The van der Waals surface area contributed by atoms with Gasteiger partial charge in [-0.25, -0.2) is 13.1 Å². The molecule has 1 aromatic heterocycles. The smallest absolute Gasteiger partial charge is 0.245 e. The van der Waals surface area contributed by atoms with Crippen LogP contribution in [0.4, 0.5) is 0 Å². The highest BCUT2D eigenvalue weighted by molar-refractivity contribution is 9.10. The van der Waals surface area contributed by atoms with E-state index in [0.717, 1.165) is 0 Å². The first-order chi connectivity index (χ1) is 8.53. The van der Waals surface area contributed by atoms with E-state index < -0.39 is 10.0 Å². The van der Waals surface area contributed by atoms with Crippen LogP contribution in [0.15, 0.2) is 20.0 Å². The number of rotatable bonds is 4. The zero-order chi connectivity index (χ0) is 13.2. The molecule has 1 aromatic rings. The zero-order valence-corrected chi connectivity index (χ0v) is 12.1. The summed E-state index contributed by atoms with van der Waals surface area (Å²) in [5, 5.41) is 0. The van der Waals surface area contributed by atoms with Gasteiger partial charge in [0, 0.05) is 25.3 Å². The number of sulfonamides is 1. The summed E-state index contributed by atoms with van der Waals surface area (Å²) in [5.74, 6) is 0.425. The van der Waals surface area contributed by atoms with Gasteiger partial charge in [0.1, 0.15) is 10.7 Å². The van der Waals surface area contributed by atoms with Crippen LogP contribution in [-0.4, -0.2) is 27.7 Å². The van der Waals surface area contributed by atoms with Crippen LogP contribution in [0.2, 0.25) is 0 Å². The number of nitrogens with two attached hydrogens (primary N) is 1. The Morgan fingerprint density at radius 3 is 2.67 bits per heavy atom. The summed E-state index contributed by atoms with van der Waals surface area (Å²) >= 11 is 3.09. The zero-order valence-electron chi connectivity index (χ0n) is 9.69. The Morgan fingerprint density at radius 2 is 2.11 bits per heavy atom. The van der Waals surface area contributed by atoms with E-state index in [4.69, 9.17) is 14.9 Å². The molecule has 2 heterocycles. The van der Waals surface area contributed by atoms with Gasteiger partial charge in [-0.3, -0.25) is 0 Å². The van der Waals surface area contributed by atoms with Gasteiger partial charge in [-0.15, -0.1) is 0 Å². The number of ether oxygens (including phenoxy) is 1. The van der Waals surface area contributed by atoms with E-state index in [2.05, 4.69) is 20.7 Å². The first-order valence-corrected chi connectivity index (χ1v) is 7.89. The highest BCUT2D eigenvalue weighted by atomic mass is 79.9. The molecule has 0 aromatic carbocycles. The molecule has 0 unspecified atom stereocenters. The maximum Gasteiger partial charge on any atom is 0.245 e. The molecule has 0 saturated carbocycles. The molecule has 0 spiro atoms. The van der Waals surface area contributed by atoms with E-state index in [-0.39, 0.29) is 22.2 Å². The van der Waals surface area contributed by atoms with Crippen molar-refractivity contribution in [2.45, 2.75) is 30.3 Å². The molecule has 1 aliphatic rings. The van der Waals surface area contributed by atoms with Gasteiger partial charge >= 0.3 is 0 Å². The van der Waals surface area contributed by atoms with Gasteiger partial charge in [0.05, 0.1) is 6.54 Å². The summed E-state index contributed by atoms with van der Waals surface area (Å²) in [6.45, 7) is 1.31. The van der Waals surface area contributed by atoms with E-state index >= 15 is 0 Å². The van der Waals surface area contributed by atoms with Crippen molar-refractivity contribution in [3.63, 3.8) is 0 Å². The maximum atomic E-state index is 12.2. The van der Waals surface area contributed by atoms with Crippen LogP contribution in [0, 0.1) is 0 Å². The third-order valence-corrected chi connectivity index (χ3v) is 5.12. The van der Waals surface area contributed by atoms with Crippen molar-refractivity contribution >= 4 is 26.0 Å². The average molecular weight is 339 g/mol. The Morgan fingerprint density at radius 1 is 1.44 bits per heavy atom. The number of nitrogens with one attached hydrogen (secondary N) is 1.